The average molecular weight is 200 g/mol. The summed E-state index contributed by atoms with van der Waals surface area (Å²) < 4.78 is 28.6. The minimum atomic E-state index is -3.82. The second-order valence-electron chi connectivity index (χ2n) is 2.21. The van der Waals surface area contributed by atoms with Gasteiger partial charge in [-0.3, -0.25) is 4.55 Å². The van der Waals surface area contributed by atoms with Crippen molar-refractivity contribution in [2.75, 3.05) is 17.3 Å². The number of aliphatic hydroxyl groups excluding tert-OH is 1. The number of hydrogen-bond donors (Lipinski definition) is 2. The van der Waals surface area contributed by atoms with E-state index < -0.39 is 16.2 Å². The first kappa shape index (κ1) is 11.2. The molecule has 0 spiro atoms. The maximum absolute atomic E-state index is 10.2. The largest absolute Gasteiger partial charge is 0.393 e. The standard InChI is InChI=1S/C5H12O4S2/c1-5(6)4-10-2-3-11(7,8)9/h5-6H,2-4H2,1H3,(H,7,8,9). The lowest BCUT2D eigenvalue weighted by molar-refractivity contribution is 0.220. The van der Waals surface area contributed by atoms with Crippen molar-refractivity contribution in [1.29, 1.82) is 0 Å². The highest BCUT2D eigenvalue weighted by atomic mass is 32.2. The van der Waals surface area contributed by atoms with Gasteiger partial charge in [-0.2, -0.15) is 20.2 Å². The van der Waals surface area contributed by atoms with Gasteiger partial charge in [0.2, 0.25) is 0 Å². The Hall–Kier alpha value is 0.220. The molecule has 0 saturated heterocycles. The fourth-order valence-corrected chi connectivity index (χ4v) is 2.24. The van der Waals surface area contributed by atoms with E-state index in [4.69, 9.17) is 9.66 Å². The highest BCUT2D eigenvalue weighted by Crippen LogP contribution is 2.02. The van der Waals surface area contributed by atoms with Crippen LogP contribution in [0.5, 0.6) is 0 Å². The van der Waals surface area contributed by atoms with Crippen LogP contribution in [0.15, 0.2) is 0 Å². The van der Waals surface area contributed by atoms with E-state index >= 15 is 0 Å². The molecule has 0 amide bonds. The molecule has 6 heteroatoms. The van der Waals surface area contributed by atoms with Crippen LogP contribution in [0, 0.1) is 0 Å². The molecule has 1 atom stereocenters. The lowest BCUT2D eigenvalue weighted by Crippen LogP contribution is -2.09. The number of hydrogen-bond acceptors (Lipinski definition) is 4. The van der Waals surface area contributed by atoms with Gasteiger partial charge in [0.05, 0.1) is 11.9 Å². The summed E-state index contributed by atoms with van der Waals surface area (Å²) in [5.74, 6) is 0.573. The molecule has 0 fully saturated rings. The van der Waals surface area contributed by atoms with Gasteiger partial charge < -0.3 is 5.11 Å². The first-order valence-electron chi connectivity index (χ1n) is 3.13. The summed E-state index contributed by atoms with van der Waals surface area (Å²) in [5, 5.41) is 8.75. The molecule has 4 nitrogen and oxygen atoms in total. The molecule has 2 N–H and O–H groups in total. The summed E-state index contributed by atoms with van der Waals surface area (Å²) in [6.45, 7) is 1.63. The third-order valence-corrected chi connectivity index (χ3v) is 3.03. The molecule has 0 heterocycles. The Kier molecular flexibility index (Phi) is 5.07. The van der Waals surface area contributed by atoms with E-state index in [2.05, 4.69) is 0 Å². The molecule has 0 bridgehead atoms. The molecule has 0 saturated carbocycles. The SMILES string of the molecule is CC(O)CSCCS(=O)(=O)O. The Morgan fingerprint density at radius 3 is 2.45 bits per heavy atom. The fraction of sp³-hybridized carbons (Fsp3) is 1.00. The lowest BCUT2D eigenvalue weighted by atomic mass is 10.5. The molecular formula is C5H12O4S2. The average Bonchev–Trinajstić information content (AvgIpc) is 1.78. The van der Waals surface area contributed by atoms with E-state index in [0.717, 1.165) is 0 Å². The van der Waals surface area contributed by atoms with Crippen molar-refractivity contribution in [3.63, 3.8) is 0 Å². The first-order chi connectivity index (χ1) is 4.92. The molecule has 0 aromatic heterocycles. The van der Waals surface area contributed by atoms with Crippen LogP contribution in [0.2, 0.25) is 0 Å². The maximum Gasteiger partial charge on any atom is 0.265 e. The zero-order valence-corrected chi connectivity index (χ0v) is 7.86. The number of rotatable bonds is 5. The molecule has 0 rings (SSSR count). The van der Waals surface area contributed by atoms with E-state index in [0.29, 0.717) is 11.5 Å². The van der Waals surface area contributed by atoms with Crippen LogP contribution < -0.4 is 0 Å². The van der Waals surface area contributed by atoms with Gasteiger partial charge in [0.25, 0.3) is 10.1 Å². The maximum atomic E-state index is 10.2. The van der Waals surface area contributed by atoms with Crippen LogP contribution in [0.3, 0.4) is 0 Å². The lowest BCUT2D eigenvalue weighted by Gasteiger charge is -2.01. The van der Waals surface area contributed by atoms with Gasteiger partial charge in [-0.15, -0.1) is 0 Å². The van der Waals surface area contributed by atoms with Gasteiger partial charge in [0.1, 0.15) is 0 Å². The van der Waals surface area contributed by atoms with Crippen LogP contribution in [0.25, 0.3) is 0 Å². The van der Waals surface area contributed by atoms with Crippen molar-refractivity contribution < 1.29 is 18.1 Å². The molecule has 0 aliphatic carbocycles. The first-order valence-corrected chi connectivity index (χ1v) is 5.89. The topological polar surface area (TPSA) is 74.6 Å². The van der Waals surface area contributed by atoms with E-state index in [1.165, 1.54) is 11.8 Å². The van der Waals surface area contributed by atoms with E-state index in [9.17, 15) is 8.42 Å². The van der Waals surface area contributed by atoms with Crippen molar-refractivity contribution >= 4 is 21.9 Å². The van der Waals surface area contributed by atoms with Crippen LogP contribution in [0.1, 0.15) is 6.92 Å². The quantitative estimate of drug-likeness (QED) is 0.482. The van der Waals surface area contributed by atoms with Crippen molar-refractivity contribution in [1.82, 2.24) is 0 Å². The smallest absolute Gasteiger partial charge is 0.265 e. The third-order valence-electron chi connectivity index (χ3n) is 0.845. The zero-order chi connectivity index (χ0) is 8.91. The summed E-state index contributed by atoms with van der Waals surface area (Å²) in [6, 6.07) is 0. The van der Waals surface area contributed by atoms with Gasteiger partial charge >= 0.3 is 0 Å². The second-order valence-corrected chi connectivity index (χ2v) is 4.93. The highest BCUT2D eigenvalue weighted by Gasteiger charge is 2.04. The van der Waals surface area contributed by atoms with Crippen molar-refractivity contribution in [3.05, 3.63) is 0 Å². The molecule has 0 aromatic carbocycles. The number of aliphatic hydroxyl groups is 1. The summed E-state index contributed by atoms with van der Waals surface area (Å²) in [5.41, 5.74) is 0. The van der Waals surface area contributed by atoms with E-state index in [1.54, 1.807) is 6.92 Å². The van der Waals surface area contributed by atoms with Crippen molar-refractivity contribution in [2.45, 2.75) is 13.0 Å². The van der Waals surface area contributed by atoms with Gasteiger partial charge in [-0.25, -0.2) is 0 Å². The van der Waals surface area contributed by atoms with E-state index in [-0.39, 0.29) is 5.75 Å². The molecule has 0 radical (unpaired) electrons. The fourth-order valence-electron chi connectivity index (χ4n) is 0.418. The molecule has 0 aromatic rings. The minimum Gasteiger partial charge on any atom is -0.393 e. The Balaban J connectivity index is 3.30. The molecule has 68 valence electrons. The molecule has 0 aliphatic rings. The van der Waals surface area contributed by atoms with Crippen LogP contribution in [-0.2, 0) is 10.1 Å². The predicted octanol–water partition coefficient (Wildman–Crippen LogP) is -0.0118. The van der Waals surface area contributed by atoms with Crippen LogP contribution in [0.4, 0.5) is 0 Å². The Bertz CT molecular complexity index is 185. The summed E-state index contributed by atoms with van der Waals surface area (Å²) >= 11 is 1.30. The Morgan fingerprint density at radius 1 is 1.55 bits per heavy atom. The summed E-state index contributed by atoms with van der Waals surface area (Å²) in [6.07, 6.45) is -0.429. The normalized spacial score (nSPS) is 14.8. The van der Waals surface area contributed by atoms with Gasteiger partial charge in [0.15, 0.2) is 0 Å². The van der Waals surface area contributed by atoms with Crippen molar-refractivity contribution in [3.8, 4) is 0 Å². The van der Waals surface area contributed by atoms with Gasteiger partial charge in [-0.05, 0) is 6.92 Å². The molecule has 11 heavy (non-hydrogen) atoms. The van der Waals surface area contributed by atoms with Gasteiger partial charge in [0, 0.05) is 11.5 Å². The Labute approximate surface area is 70.7 Å². The predicted molar refractivity (Wildman–Crippen MR) is 45.4 cm³/mol. The third kappa shape index (κ3) is 10.2. The highest BCUT2D eigenvalue weighted by molar-refractivity contribution is 8.00. The Morgan fingerprint density at radius 2 is 2.09 bits per heavy atom. The molecule has 0 aliphatic heterocycles. The second kappa shape index (κ2) is 4.97. The summed E-state index contributed by atoms with van der Waals surface area (Å²) in [7, 11) is -3.82. The minimum absolute atomic E-state index is 0.246. The monoisotopic (exact) mass is 200 g/mol. The van der Waals surface area contributed by atoms with Crippen molar-refractivity contribution in [2.24, 2.45) is 0 Å². The van der Waals surface area contributed by atoms with E-state index in [1.807, 2.05) is 0 Å². The molecule has 1 unspecified atom stereocenters. The molecular weight excluding hydrogens is 188 g/mol. The summed E-state index contributed by atoms with van der Waals surface area (Å²) in [4.78, 5) is 0. The van der Waals surface area contributed by atoms with Crippen LogP contribution >= 0.6 is 11.8 Å². The van der Waals surface area contributed by atoms with Gasteiger partial charge in [-0.1, -0.05) is 0 Å². The zero-order valence-electron chi connectivity index (χ0n) is 6.23. The number of thioether (sulfide) groups is 1. The van der Waals surface area contributed by atoms with Crippen LogP contribution in [-0.4, -0.2) is 41.4 Å².